The first-order valence-electron chi connectivity index (χ1n) is 5.38. The monoisotopic (exact) mass is 229 g/mol. The molecule has 16 heavy (non-hydrogen) atoms. The third kappa shape index (κ3) is 2.03. The summed E-state index contributed by atoms with van der Waals surface area (Å²) in [5, 5.41) is 3.74. The molecular formula is C10H15NO5. The molecule has 1 saturated heterocycles. The lowest BCUT2D eigenvalue weighted by Crippen LogP contribution is -2.36. The predicted molar refractivity (Wildman–Crippen MR) is 53.8 cm³/mol. The van der Waals surface area contributed by atoms with Gasteiger partial charge in [-0.05, 0) is 6.92 Å². The highest BCUT2D eigenvalue weighted by Gasteiger charge is 2.42. The second-order valence-electron chi connectivity index (χ2n) is 3.67. The maximum absolute atomic E-state index is 11.5. The zero-order chi connectivity index (χ0) is 11.5. The Bertz CT molecular complexity index is 298. The molecule has 0 aliphatic carbocycles. The minimum absolute atomic E-state index is 0.179. The Labute approximate surface area is 93.5 Å². The minimum Gasteiger partial charge on any atom is -0.461 e. The van der Waals surface area contributed by atoms with E-state index in [4.69, 9.17) is 19.0 Å². The van der Waals surface area contributed by atoms with Crippen LogP contribution in [0.4, 0.5) is 0 Å². The molecule has 0 aromatic heterocycles. The molecule has 0 N–H and O–H groups in total. The lowest BCUT2D eigenvalue weighted by Gasteiger charge is -2.18. The number of oxime groups is 1. The number of carbonyl (C=O) groups is 1. The summed E-state index contributed by atoms with van der Waals surface area (Å²) < 4.78 is 15.5. The van der Waals surface area contributed by atoms with Crippen LogP contribution in [0.2, 0.25) is 0 Å². The molecule has 0 aromatic carbocycles. The standard InChI is InChI=1S/C10H15NO5/c1-3-13-9(12)7-6(2)8(16-11-7)10-14-4-5-15-10/h6,8,10H,3-5H2,1-2H3. The van der Waals surface area contributed by atoms with Crippen molar-refractivity contribution in [2.75, 3.05) is 19.8 Å². The largest absolute Gasteiger partial charge is 0.461 e. The maximum atomic E-state index is 11.5. The van der Waals surface area contributed by atoms with E-state index in [0.29, 0.717) is 25.5 Å². The molecule has 2 rings (SSSR count). The van der Waals surface area contributed by atoms with Gasteiger partial charge in [0.2, 0.25) is 0 Å². The van der Waals surface area contributed by atoms with Crippen molar-refractivity contribution in [3.8, 4) is 0 Å². The molecule has 2 aliphatic rings. The van der Waals surface area contributed by atoms with Gasteiger partial charge in [-0.3, -0.25) is 0 Å². The molecule has 2 heterocycles. The first kappa shape index (κ1) is 11.3. The van der Waals surface area contributed by atoms with Crippen molar-refractivity contribution < 1.29 is 23.8 Å². The van der Waals surface area contributed by atoms with Gasteiger partial charge in [0.15, 0.2) is 18.1 Å². The topological polar surface area (TPSA) is 66.4 Å². The van der Waals surface area contributed by atoms with Crippen molar-refractivity contribution in [1.82, 2.24) is 0 Å². The molecule has 6 nitrogen and oxygen atoms in total. The molecule has 0 radical (unpaired) electrons. The Morgan fingerprint density at radius 2 is 2.19 bits per heavy atom. The van der Waals surface area contributed by atoms with Crippen molar-refractivity contribution in [2.24, 2.45) is 11.1 Å². The Kier molecular flexibility index (Phi) is 3.40. The van der Waals surface area contributed by atoms with E-state index < -0.39 is 12.3 Å². The number of esters is 1. The van der Waals surface area contributed by atoms with Gasteiger partial charge in [-0.15, -0.1) is 0 Å². The average molecular weight is 229 g/mol. The van der Waals surface area contributed by atoms with Crippen LogP contribution in [0.25, 0.3) is 0 Å². The van der Waals surface area contributed by atoms with Crippen LogP contribution in [0.15, 0.2) is 5.16 Å². The molecule has 0 bridgehead atoms. The van der Waals surface area contributed by atoms with Gasteiger partial charge in [0.05, 0.1) is 25.7 Å². The summed E-state index contributed by atoms with van der Waals surface area (Å²) in [6.45, 7) is 5.02. The number of ether oxygens (including phenoxy) is 3. The van der Waals surface area contributed by atoms with E-state index in [-0.39, 0.29) is 12.0 Å². The predicted octanol–water partition coefficient (Wildman–Crippen LogP) is 0.313. The van der Waals surface area contributed by atoms with Crippen LogP contribution in [-0.4, -0.2) is 43.9 Å². The zero-order valence-corrected chi connectivity index (χ0v) is 9.34. The molecule has 1 fully saturated rings. The molecule has 6 heteroatoms. The molecule has 2 unspecified atom stereocenters. The lowest BCUT2D eigenvalue weighted by atomic mass is 9.99. The fraction of sp³-hybridized carbons (Fsp3) is 0.800. The van der Waals surface area contributed by atoms with E-state index in [9.17, 15) is 4.79 Å². The van der Waals surface area contributed by atoms with Crippen molar-refractivity contribution in [3.63, 3.8) is 0 Å². The first-order chi connectivity index (χ1) is 7.74. The second kappa shape index (κ2) is 4.80. The first-order valence-corrected chi connectivity index (χ1v) is 5.38. The maximum Gasteiger partial charge on any atom is 0.356 e. The van der Waals surface area contributed by atoms with E-state index in [0.717, 1.165) is 0 Å². The Hall–Kier alpha value is -1.14. The molecule has 0 aromatic rings. The number of hydrogen-bond donors (Lipinski definition) is 0. The summed E-state index contributed by atoms with van der Waals surface area (Å²) in [6.07, 6.45) is -0.799. The van der Waals surface area contributed by atoms with Crippen molar-refractivity contribution in [1.29, 1.82) is 0 Å². The Balaban J connectivity index is 1.96. The SMILES string of the molecule is CCOC(=O)C1=NOC(C2OCCO2)C1C. The van der Waals surface area contributed by atoms with Gasteiger partial charge >= 0.3 is 5.97 Å². The smallest absolute Gasteiger partial charge is 0.356 e. The Morgan fingerprint density at radius 3 is 2.81 bits per heavy atom. The lowest BCUT2D eigenvalue weighted by molar-refractivity contribution is -0.143. The van der Waals surface area contributed by atoms with Gasteiger partial charge in [-0.2, -0.15) is 0 Å². The third-order valence-electron chi connectivity index (χ3n) is 2.60. The van der Waals surface area contributed by atoms with Crippen LogP contribution >= 0.6 is 0 Å². The highest BCUT2D eigenvalue weighted by molar-refractivity contribution is 6.37. The minimum atomic E-state index is -0.439. The van der Waals surface area contributed by atoms with Gasteiger partial charge < -0.3 is 19.0 Å². The molecule has 2 atom stereocenters. The molecule has 0 saturated carbocycles. The second-order valence-corrected chi connectivity index (χ2v) is 3.67. The fourth-order valence-corrected chi connectivity index (χ4v) is 1.73. The van der Waals surface area contributed by atoms with E-state index >= 15 is 0 Å². The van der Waals surface area contributed by atoms with Gasteiger partial charge in [0.1, 0.15) is 0 Å². The van der Waals surface area contributed by atoms with Crippen LogP contribution in [-0.2, 0) is 23.8 Å². The Morgan fingerprint density at radius 1 is 1.50 bits per heavy atom. The van der Waals surface area contributed by atoms with E-state index in [1.165, 1.54) is 0 Å². The van der Waals surface area contributed by atoms with E-state index in [1.807, 2.05) is 6.92 Å². The van der Waals surface area contributed by atoms with Crippen LogP contribution in [0.5, 0.6) is 0 Å². The fourth-order valence-electron chi connectivity index (χ4n) is 1.73. The number of carbonyl (C=O) groups excluding carboxylic acids is 1. The summed E-state index contributed by atoms with van der Waals surface area (Å²) in [5.41, 5.74) is 0.297. The van der Waals surface area contributed by atoms with E-state index in [2.05, 4.69) is 5.16 Å². The molecule has 2 aliphatic heterocycles. The quantitative estimate of drug-likeness (QED) is 0.652. The average Bonchev–Trinajstić information content (AvgIpc) is 2.86. The summed E-state index contributed by atoms with van der Waals surface area (Å²) in [5.74, 6) is -0.613. The molecule has 90 valence electrons. The number of hydrogen-bond acceptors (Lipinski definition) is 6. The zero-order valence-electron chi connectivity index (χ0n) is 9.34. The number of nitrogens with zero attached hydrogens (tertiary/aromatic N) is 1. The number of rotatable bonds is 3. The highest BCUT2D eigenvalue weighted by Crippen LogP contribution is 2.25. The third-order valence-corrected chi connectivity index (χ3v) is 2.60. The van der Waals surface area contributed by atoms with Gasteiger partial charge in [0.25, 0.3) is 0 Å². The molecule has 0 amide bonds. The highest BCUT2D eigenvalue weighted by atomic mass is 16.8. The van der Waals surface area contributed by atoms with Crippen LogP contribution in [0.3, 0.4) is 0 Å². The van der Waals surface area contributed by atoms with Crippen molar-refractivity contribution in [3.05, 3.63) is 0 Å². The van der Waals surface area contributed by atoms with Crippen LogP contribution in [0, 0.1) is 5.92 Å². The van der Waals surface area contributed by atoms with Crippen LogP contribution in [0.1, 0.15) is 13.8 Å². The summed E-state index contributed by atoms with van der Waals surface area (Å²) in [6, 6.07) is 0. The summed E-state index contributed by atoms with van der Waals surface area (Å²) in [4.78, 5) is 16.7. The van der Waals surface area contributed by atoms with Gasteiger partial charge in [-0.1, -0.05) is 12.1 Å². The summed E-state index contributed by atoms with van der Waals surface area (Å²) >= 11 is 0. The van der Waals surface area contributed by atoms with Crippen molar-refractivity contribution >= 4 is 11.7 Å². The molecular weight excluding hydrogens is 214 g/mol. The van der Waals surface area contributed by atoms with Gasteiger partial charge in [-0.25, -0.2) is 4.79 Å². The van der Waals surface area contributed by atoms with Crippen molar-refractivity contribution in [2.45, 2.75) is 26.2 Å². The molecule has 0 spiro atoms. The normalized spacial score (nSPS) is 30.0. The van der Waals surface area contributed by atoms with E-state index in [1.54, 1.807) is 6.92 Å². The summed E-state index contributed by atoms with van der Waals surface area (Å²) in [7, 11) is 0. The van der Waals surface area contributed by atoms with Crippen LogP contribution < -0.4 is 0 Å². The van der Waals surface area contributed by atoms with Gasteiger partial charge in [0, 0.05) is 0 Å².